The molecule has 1 aromatic heterocycles. The van der Waals surface area contributed by atoms with Gasteiger partial charge in [0.05, 0.1) is 12.8 Å². The van der Waals surface area contributed by atoms with Gasteiger partial charge in [0, 0.05) is 31.1 Å². The number of halogens is 3. The SMILES string of the molecule is COc1cc(NC(=O)c2ccnn2C)ccc1S(=O)(=O)Nc1cccc(OC(F)(F)F)c1. The second kappa shape index (κ2) is 8.78. The lowest BCUT2D eigenvalue weighted by atomic mass is 10.3. The topological polar surface area (TPSA) is 112 Å². The van der Waals surface area contributed by atoms with Gasteiger partial charge in [0.2, 0.25) is 0 Å². The molecule has 0 atom stereocenters. The van der Waals surface area contributed by atoms with Crippen molar-refractivity contribution in [3.8, 4) is 11.5 Å². The third-order valence-electron chi connectivity index (χ3n) is 4.08. The molecule has 32 heavy (non-hydrogen) atoms. The van der Waals surface area contributed by atoms with E-state index in [2.05, 4.69) is 19.9 Å². The maximum Gasteiger partial charge on any atom is 0.573 e. The molecule has 0 fully saturated rings. The summed E-state index contributed by atoms with van der Waals surface area (Å²) in [5.41, 5.74) is 0.387. The van der Waals surface area contributed by atoms with E-state index in [-0.39, 0.29) is 27.7 Å². The Morgan fingerprint density at radius 2 is 1.84 bits per heavy atom. The van der Waals surface area contributed by atoms with Crippen molar-refractivity contribution < 1.29 is 35.9 Å². The average Bonchev–Trinajstić information content (AvgIpc) is 3.12. The first kappa shape index (κ1) is 22.9. The number of hydrogen-bond acceptors (Lipinski definition) is 6. The molecule has 0 unspecified atom stereocenters. The number of carbonyl (C=O) groups is 1. The van der Waals surface area contributed by atoms with E-state index in [0.29, 0.717) is 0 Å². The monoisotopic (exact) mass is 470 g/mol. The Hall–Kier alpha value is -3.74. The zero-order valence-corrected chi connectivity index (χ0v) is 17.5. The zero-order chi connectivity index (χ0) is 23.5. The third kappa shape index (κ3) is 5.49. The summed E-state index contributed by atoms with van der Waals surface area (Å²) >= 11 is 0. The molecular weight excluding hydrogens is 453 g/mol. The highest BCUT2D eigenvalue weighted by molar-refractivity contribution is 7.92. The summed E-state index contributed by atoms with van der Waals surface area (Å²) in [6.45, 7) is 0. The van der Waals surface area contributed by atoms with E-state index in [9.17, 15) is 26.4 Å². The number of ether oxygens (including phenoxy) is 2. The normalized spacial score (nSPS) is 11.7. The van der Waals surface area contributed by atoms with Gasteiger partial charge in [0.15, 0.2) is 0 Å². The quantitative estimate of drug-likeness (QED) is 0.548. The van der Waals surface area contributed by atoms with Crippen LogP contribution in [0.5, 0.6) is 11.5 Å². The van der Waals surface area contributed by atoms with E-state index in [1.165, 1.54) is 54.4 Å². The van der Waals surface area contributed by atoms with Gasteiger partial charge in [-0.15, -0.1) is 13.2 Å². The first-order valence-electron chi connectivity index (χ1n) is 8.84. The van der Waals surface area contributed by atoms with Crippen LogP contribution in [0.2, 0.25) is 0 Å². The number of aryl methyl sites for hydroxylation is 1. The lowest BCUT2D eigenvalue weighted by Crippen LogP contribution is -2.18. The van der Waals surface area contributed by atoms with Crippen LogP contribution in [0.25, 0.3) is 0 Å². The Balaban J connectivity index is 1.83. The lowest BCUT2D eigenvalue weighted by Gasteiger charge is -2.14. The predicted octanol–water partition coefficient (Wildman–Crippen LogP) is 3.38. The van der Waals surface area contributed by atoms with E-state index in [4.69, 9.17) is 4.74 Å². The van der Waals surface area contributed by atoms with Crippen LogP contribution < -0.4 is 19.5 Å². The smallest absolute Gasteiger partial charge is 0.495 e. The summed E-state index contributed by atoms with van der Waals surface area (Å²) < 4.78 is 75.3. The molecule has 0 saturated heterocycles. The molecule has 0 radical (unpaired) electrons. The van der Waals surface area contributed by atoms with Crippen molar-refractivity contribution in [2.24, 2.45) is 7.05 Å². The second-order valence-electron chi connectivity index (χ2n) is 6.34. The van der Waals surface area contributed by atoms with E-state index >= 15 is 0 Å². The molecule has 0 saturated carbocycles. The largest absolute Gasteiger partial charge is 0.573 e. The van der Waals surface area contributed by atoms with E-state index in [1.54, 1.807) is 7.05 Å². The predicted molar refractivity (Wildman–Crippen MR) is 108 cm³/mol. The summed E-state index contributed by atoms with van der Waals surface area (Å²) in [6.07, 6.45) is -3.47. The Morgan fingerprint density at radius 3 is 2.47 bits per heavy atom. The maximum absolute atomic E-state index is 12.8. The fourth-order valence-corrected chi connectivity index (χ4v) is 3.93. The van der Waals surface area contributed by atoms with Crippen LogP contribution in [0.1, 0.15) is 10.5 Å². The van der Waals surface area contributed by atoms with Crippen molar-refractivity contribution in [2.75, 3.05) is 17.1 Å². The van der Waals surface area contributed by atoms with Gasteiger partial charge in [0.1, 0.15) is 22.1 Å². The Labute approximate surface area is 180 Å². The number of amides is 1. The third-order valence-corrected chi connectivity index (χ3v) is 5.51. The van der Waals surface area contributed by atoms with Gasteiger partial charge in [0.25, 0.3) is 15.9 Å². The molecular formula is C19H17F3N4O5S. The molecule has 2 N–H and O–H groups in total. The van der Waals surface area contributed by atoms with Crippen molar-refractivity contribution in [3.05, 3.63) is 60.4 Å². The highest BCUT2D eigenvalue weighted by Gasteiger charge is 2.31. The molecule has 0 aliphatic heterocycles. The second-order valence-corrected chi connectivity index (χ2v) is 7.99. The van der Waals surface area contributed by atoms with Gasteiger partial charge >= 0.3 is 6.36 Å². The van der Waals surface area contributed by atoms with E-state index in [0.717, 1.165) is 12.1 Å². The Kier molecular flexibility index (Phi) is 6.30. The lowest BCUT2D eigenvalue weighted by molar-refractivity contribution is -0.274. The Bertz CT molecular complexity index is 1240. The molecule has 0 aliphatic carbocycles. The molecule has 0 aliphatic rings. The van der Waals surface area contributed by atoms with Gasteiger partial charge in [-0.25, -0.2) is 8.42 Å². The number of hydrogen-bond donors (Lipinski definition) is 2. The minimum Gasteiger partial charge on any atom is -0.495 e. The summed E-state index contributed by atoms with van der Waals surface area (Å²) in [5, 5.41) is 6.50. The molecule has 0 spiro atoms. The molecule has 170 valence electrons. The van der Waals surface area contributed by atoms with Gasteiger partial charge in [-0.1, -0.05) is 6.07 Å². The van der Waals surface area contributed by atoms with Gasteiger partial charge in [-0.05, 0) is 30.3 Å². The van der Waals surface area contributed by atoms with Crippen LogP contribution in [0.4, 0.5) is 24.5 Å². The molecule has 13 heteroatoms. The van der Waals surface area contributed by atoms with Crippen LogP contribution in [-0.4, -0.2) is 37.6 Å². The zero-order valence-electron chi connectivity index (χ0n) is 16.7. The van der Waals surface area contributed by atoms with Crippen LogP contribution >= 0.6 is 0 Å². The first-order chi connectivity index (χ1) is 15.0. The fourth-order valence-electron chi connectivity index (χ4n) is 2.73. The molecule has 0 bridgehead atoms. The first-order valence-corrected chi connectivity index (χ1v) is 10.3. The van der Waals surface area contributed by atoms with Crippen molar-refractivity contribution in [2.45, 2.75) is 11.3 Å². The Morgan fingerprint density at radius 1 is 1.09 bits per heavy atom. The fraction of sp³-hybridized carbons (Fsp3) is 0.158. The molecule has 9 nitrogen and oxygen atoms in total. The highest BCUT2D eigenvalue weighted by atomic mass is 32.2. The number of sulfonamides is 1. The van der Waals surface area contributed by atoms with Gasteiger partial charge in [-0.2, -0.15) is 5.10 Å². The van der Waals surface area contributed by atoms with Crippen LogP contribution in [-0.2, 0) is 17.1 Å². The number of nitrogens with one attached hydrogen (secondary N) is 2. The van der Waals surface area contributed by atoms with Gasteiger partial charge < -0.3 is 14.8 Å². The summed E-state index contributed by atoms with van der Waals surface area (Å²) in [6, 6.07) is 9.72. The number of benzene rings is 2. The number of rotatable bonds is 7. The van der Waals surface area contributed by atoms with Crippen molar-refractivity contribution in [1.29, 1.82) is 0 Å². The van der Waals surface area contributed by atoms with E-state index < -0.39 is 28.0 Å². The maximum atomic E-state index is 12.8. The van der Waals surface area contributed by atoms with E-state index in [1.807, 2.05) is 0 Å². The average molecular weight is 470 g/mol. The van der Waals surface area contributed by atoms with Crippen LogP contribution in [0.3, 0.4) is 0 Å². The van der Waals surface area contributed by atoms with Crippen molar-refractivity contribution in [3.63, 3.8) is 0 Å². The number of alkyl halides is 3. The summed E-state index contributed by atoms with van der Waals surface area (Å²) in [4.78, 5) is 12.0. The van der Waals surface area contributed by atoms with Crippen molar-refractivity contribution in [1.82, 2.24) is 9.78 Å². The number of nitrogens with zero attached hydrogens (tertiary/aromatic N) is 2. The minimum atomic E-state index is -4.92. The number of methoxy groups -OCH3 is 1. The minimum absolute atomic E-state index is 0.0944. The molecule has 1 heterocycles. The van der Waals surface area contributed by atoms with Crippen LogP contribution in [0.15, 0.2) is 59.6 Å². The number of carbonyl (C=O) groups excluding carboxylic acids is 1. The molecule has 1 amide bonds. The van der Waals surface area contributed by atoms with Crippen molar-refractivity contribution >= 4 is 27.3 Å². The molecule has 2 aromatic carbocycles. The molecule has 3 aromatic rings. The summed E-state index contributed by atoms with van der Waals surface area (Å²) in [5.74, 6) is -1.15. The summed E-state index contributed by atoms with van der Waals surface area (Å²) in [7, 11) is -1.43. The van der Waals surface area contributed by atoms with Crippen LogP contribution in [0, 0.1) is 0 Å². The van der Waals surface area contributed by atoms with Gasteiger partial charge in [-0.3, -0.25) is 14.2 Å². The number of anilines is 2. The highest BCUT2D eigenvalue weighted by Crippen LogP contribution is 2.31. The number of aromatic nitrogens is 2. The molecule has 3 rings (SSSR count). The standard InChI is InChI=1S/C19H17F3N4O5S/c1-26-15(8-9-23-26)18(27)24-12-6-7-17(16(11-12)30-2)32(28,29)25-13-4-3-5-14(10-13)31-19(20,21)22/h3-11,25H,1-2H3,(H,24,27).